The van der Waals surface area contributed by atoms with Crippen molar-refractivity contribution in [2.45, 2.75) is 6.61 Å². The van der Waals surface area contributed by atoms with Crippen LogP contribution in [-0.2, 0) is 20.8 Å². The highest BCUT2D eigenvalue weighted by Crippen LogP contribution is 2.09. The Balaban J connectivity index is 1.71. The second-order valence-corrected chi connectivity index (χ2v) is 3.31. The van der Waals surface area contributed by atoms with Crippen LogP contribution in [-0.4, -0.2) is 19.4 Å². The molecule has 2 rings (SSSR count). The molecule has 0 radical (unpaired) electrons. The summed E-state index contributed by atoms with van der Waals surface area (Å²) in [5, 5.41) is 0. The van der Waals surface area contributed by atoms with Gasteiger partial charge in [-0.15, -0.1) is 0 Å². The summed E-state index contributed by atoms with van der Waals surface area (Å²) in [6.07, 6.45) is 1.06. The predicted octanol–water partition coefficient (Wildman–Crippen LogP) is 2.25. The quantitative estimate of drug-likeness (QED) is 0.576. The monoisotopic (exact) mass is 220 g/mol. The molecule has 4 heteroatoms. The summed E-state index contributed by atoms with van der Waals surface area (Å²) in [6, 6.07) is 9.87. The maximum atomic E-state index is 10.6. The molecule has 0 amide bonds. The van der Waals surface area contributed by atoms with Crippen molar-refractivity contribution in [1.82, 2.24) is 0 Å². The minimum Gasteiger partial charge on any atom is -0.426 e. The number of hydrogen-bond donors (Lipinski definition) is 0. The van der Waals surface area contributed by atoms with E-state index >= 15 is 0 Å². The lowest BCUT2D eigenvalue weighted by atomic mass is 10.2. The van der Waals surface area contributed by atoms with E-state index in [-0.39, 0.29) is 6.61 Å². The van der Waals surface area contributed by atoms with Crippen molar-refractivity contribution < 1.29 is 19.0 Å². The fourth-order valence-corrected chi connectivity index (χ4v) is 1.30. The average molecular weight is 220 g/mol. The number of hydrogen-bond acceptors (Lipinski definition) is 4. The number of benzene rings is 1. The van der Waals surface area contributed by atoms with E-state index in [1.54, 1.807) is 6.08 Å². The molecule has 1 aromatic carbocycles. The van der Waals surface area contributed by atoms with Gasteiger partial charge in [-0.1, -0.05) is 30.3 Å². The van der Waals surface area contributed by atoms with E-state index in [1.165, 1.54) is 0 Å². The van der Waals surface area contributed by atoms with Gasteiger partial charge in [0.25, 0.3) is 0 Å². The van der Waals surface area contributed by atoms with Gasteiger partial charge in [-0.25, -0.2) is 4.79 Å². The second kappa shape index (κ2) is 5.32. The third kappa shape index (κ3) is 3.10. The van der Waals surface area contributed by atoms with Crippen LogP contribution in [0.4, 0.5) is 4.79 Å². The molecule has 1 saturated heterocycles. The van der Waals surface area contributed by atoms with E-state index in [2.05, 4.69) is 4.74 Å². The van der Waals surface area contributed by atoms with Crippen molar-refractivity contribution >= 4 is 6.16 Å². The lowest BCUT2D eigenvalue weighted by Crippen LogP contribution is -1.95. The van der Waals surface area contributed by atoms with Gasteiger partial charge in [0.15, 0.2) is 6.61 Å². The fraction of sp³-hybridized carbons (Fsp3) is 0.250. The molecule has 0 aromatic heterocycles. The average Bonchev–Trinajstić information content (AvgIpc) is 2.72. The van der Waals surface area contributed by atoms with Crippen molar-refractivity contribution in [2.75, 3.05) is 13.2 Å². The molecule has 1 fully saturated rings. The Labute approximate surface area is 93.4 Å². The van der Waals surface area contributed by atoms with Crippen molar-refractivity contribution in [3.8, 4) is 0 Å². The van der Waals surface area contributed by atoms with Crippen molar-refractivity contribution in [3.63, 3.8) is 0 Å². The topological polar surface area (TPSA) is 44.8 Å². The van der Waals surface area contributed by atoms with Crippen LogP contribution in [0.25, 0.3) is 0 Å². The Morgan fingerprint density at radius 2 is 2.12 bits per heavy atom. The Morgan fingerprint density at radius 3 is 2.81 bits per heavy atom. The molecular formula is C12H12O4. The molecule has 1 aliphatic heterocycles. The van der Waals surface area contributed by atoms with Gasteiger partial charge in [-0.3, -0.25) is 0 Å². The van der Waals surface area contributed by atoms with Crippen LogP contribution in [0.1, 0.15) is 5.56 Å². The summed E-state index contributed by atoms with van der Waals surface area (Å²) >= 11 is 0. The van der Waals surface area contributed by atoms with E-state index in [1.807, 2.05) is 30.3 Å². The van der Waals surface area contributed by atoms with Gasteiger partial charge >= 0.3 is 6.16 Å². The van der Waals surface area contributed by atoms with E-state index in [9.17, 15) is 4.79 Å². The molecule has 0 spiro atoms. The lowest BCUT2D eigenvalue weighted by Gasteiger charge is -2.00. The second-order valence-electron chi connectivity index (χ2n) is 3.31. The van der Waals surface area contributed by atoms with Crippen LogP contribution < -0.4 is 0 Å². The number of ether oxygens (including phenoxy) is 3. The smallest absolute Gasteiger partial charge is 0.426 e. The van der Waals surface area contributed by atoms with Gasteiger partial charge in [0.1, 0.15) is 5.76 Å². The van der Waals surface area contributed by atoms with Crippen LogP contribution in [0.3, 0.4) is 0 Å². The Bertz CT molecular complexity index is 383. The molecule has 0 aliphatic carbocycles. The van der Waals surface area contributed by atoms with E-state index in [0.29, 0.717) is 19.0 Å². The summed E-state index contributed by atoms with van der Waals surface area (Å²) in [5.41, 5.74) is 1.11. The van der Waals surface area contributed by atoms with Gasteiger partial charge in [-0.2, -0.15) is 0 Å². The zero-order chi connectivity index (χ0) is 11.2. The molecule has 1 aromatic rings. The van der Waals surface area contributed by atoms with Crippen molar-refractivity contribution in [2.24, 2.45) is 0 Å². The third-order valence-electron chi connectivity index (χ3n) is 2.09. The molecule has 0 saturated carbocycles. The van der Waals surface area contributed by atoms with Crippen molar-refractivity contribution in [3.05, 3.63) is 47.7 Å². The minimum absolute atomic E-state index is 0.202. The van der Waals surface area contributed by atoms with Gasteiger partial charge in [0.2, 0.25) is 0 Å². The maximum Gasteiger partial charge on any atom is 0.514 e. The maximum absolute atomic E-state index is 10.6. The first kappa shape index (κ1) is 10.7. The van der Waals surface area contributed by atoms with Crippen LogP contribution in [0, 0.1) is 0 Å². The first-order valence-corrected chi connectivity index (χ1v) is 5.00. The lowest BCUT2D eigenvalue weighted by molar-refractivity contribution is 0.134. The van der Waals surface area contributed by atoms with Gasteiger partial charge in [0.05, 0.1) is 13.2 Å². The van der Waals surface area contributed by atoms with Gasteiger partial charge < -0.3 is 14.2 Å². The van der Waals surface area contributed by atoms with Crippen molar-refractivity contribution in [1.29, 1.82) is 0 Å². The molecule has 0 bridgehead atoms. The fourth-order valence-electron chi connectivity index (χ4n) is 1.30. The number of cyclic esters (lactones) is 2. The number of rotatable bonds is 4. The molecule has 1 heterocycles. The molecule has 16 heavy (non-hydrogen) atoms. The first-order chi connectivity index (χ1) is 7.84. The SMILES string of the molecule is O=C1OC/C(=C/COCc2ccccc2)O1. The van der Waals surface area contributed by atoms with Crippen LogP contribution >= 0.6 is 0 Å². The standard InChI is InChI=1S/C12H12O4/c13-12-15-9-11(16-12)6-7-14-8-10-4-2-1-3-5-10/h1-6H,7-9H2/b11-6-. The summed E-state index contributed by atoms with van der Waals surface area (Å²) in [5.74, 6) is 0.512. The molecule has 0 atom stereocenters. The molecule has 0 unspecified atom stereocenters. The summed E-state index contributed by atoms with van der Waals surface area (Å²) in [7, 11) is 0. The van der Waals surface area contributed by atoms with E-state index in [4.69, 9.17) is 9.47 Å². The Morgan fingerprint density at radius 1 is 1.31 bits per heavy atom. The Kier molecular flexibility index (Phi) is 3.56. The van der Waals surface area contributed by atoms with Crippen LogP contribution in [0.2, 0.25) is 0 Å². The molecule has 4 nitrogen and oxygen atoms in total. The number of carbonyl (C=O) groups excluding carboxylic acids is 1. The zero-order valence-electron chi connectivity index (χ0n) is 8.72. The predicted molar refractivity (Wildman–Crippen MR) is 56.6 cm³/mol. The van der Waals surface area contributed by atoms with Gasteiger partial charge in [-0.05, 0) is 11.6 Å². The first-order valence-electron chi connectivity index (χ1n) is 5.00. The molecule has 0 N–H and O–H groups in total. The highest BCUT2D eigenvalue weighted by molar-refractivity contribution is 5.64. The molecule has 84 valence electrons. The normalized spacial score (nSPS) is 17.2. The zero-order valence-corrected chi connectivity index (χ0v) is 8.72. The van der Waals surface area contributed by atoms with E-state index < -0.39 is 6.16 Å². The van der Waals surface area contributed by atoms with Crippen LogP contribution in [0.15, 0.2) is 42.2 Å². The van der Waals surface area contributed by atoms with Crippen LogP contribution in [0.5, 0.6) is 0 Å². The summed E-state index contributed by atoms with van der Waals surface area (Å²) < 4.78 is 14.7. The summed E-state index contributed by atoms with van der Waals surface area (Å²) in [4.78, 5) is 10.6. The minimum atomic E-state index is -0.644. The summed E-state index contributed by atoms with van der Waals surface area (Å²) in [6.45, 7) is 1.15. The largest absolute Gasteiger partial charge is 0.514 e. The third-order valence-corrected chi connectivity index (χ3v) is 2.09. The van der Waals surface area contributed by atoms with E-state index in [0.717, 1.165) is 5.56 Å². The molecule has 1 aliphatic rings. The number of carbonyl (C=O) groups is 1. The highest BCUT2D eigenvalue weighted by Gasteiger charge is 2.17. The molecular weight excluding hydrogens is 208 g/mol. The highest BCUT2D eigenvalue weighted by atomic mass is 16.8. The Hall–Kier alpha value is -1.81. The van der Waals surface area contributed by atoms with Gasteiger partial charge in [0, 0.05) is 0 Å².